The minimum absolute atomic E-state index is 0.772. The molecule has 1 saturated heterocycles. The Morgan fingerprint density at radius 2 is 2.06 bits per heavy atom. The smallest absolute Gasteiger partial charge is 0.0121 e. The molecule has 0 aromatic rings. The molecule has 2 heteroatoms. The van der Waals surface area contributed by atoms with Crippen molar-refractivity contribution >= 4 is 0 Å². The SMILES string of the molecule is CCNCCCC(C)N1CCCC1C(C)C. The maximum atomic E-state index is 3.41. The molecule has 1 aliphatic heterocycles. The molecule has 2 unspecified atom stereocenters. The van der Waals surface area contributed by atoms with Gasteiger partial charge in [-0.3, -0.25) is 4.90 Å². The zero-order chi connectivity index (χ0) is 12.0. The van der Waals surface area contributed by atoms with Crippen molar-refractivity contribution in [2.45, 2.75) is 65.5 Å². The monoisotopic (exact) mass is 226 g/mol. The highest BCUT2D eigenvalue weighted by molar-refractivity contribution is 4.84. The Kier molecular flexibility index (Phi) is 6.37. The molecule has 2 nitrogen and oxygen atoms in total. The third-order valence-electron chi connectivity index (χ3n) is 3.90. The summed E-state index contributed by atoms with van der Waals surface area (Å²) >= 11 is 0. The Bertz CT molecular complexity index is 180. The van der Waals surface area contributed by atoms with Crippen molar-refractivity contribution in [1.29, 1.82) is 0 Å². The number of hydrogen-bond donors (Lipinski definition) is 1. The third-order valence-corrected chi connectivity index (χ3v) is 3.90. The van der Waals surface area contributed by atoms with Gasteiger partial charge in [0, 0.05) is 12.1 Å². The topological polar surface area (TPSA) is 15.3 Å². The van der Waals surface area contributed by atoms with Gasteiger partial charge in [-0.1, -0.05) is 20.8 Å². The number of nitrogens with one attached hydrogen (secondary N) is 1. The summed E-state index contributed by atoms with van der Waals surface area (Å²) in [5.41, 5.74) is 0. The number of nitrogens with zero attached hydrogens (tertiary/aromatic N) is 1. The molecule has 0 amide bonds. The molecule has 0 spiro atoms. The fourth-order valence-corrected chi connectivity index (χ4v) is 2.94. The highest BCUT2D eigenvalue weighted by atomic mass is 15.2. The van der Waals surface area contributed by atoms with E-state index >= 15 is 0 Å². The van der Waals surface area contributed by atoms with Crippen molar-refractivity contribution in [1.82, 2.24) is 10.2 Å². The molecule has 0 bridgehead atoms. The van der Waals surface area contributed by atoms with E-state index in [0.717, 1.165) is 24.5 Å². The molecule has 2 atom stereocenters. The fourth-order valence-electron chi connectivity index (χ4n) is 2.94. The number of rotatable bonds is 7. The van der Waals surface area contributed by atoms with Gasteiger partial charge in [0.15, 0.2) is 0 Å². The minimum atomic E-state index is 0.772. The second-order valence-electron chi connectivity index (χ2n) is 5.54. The van der Waals surface area contributed by atoms with Crippen LogP contribution in [0.4, 0.5) is 0 Å². The Balaban J connectivity index is 2.26. The van der Waals surface area contributed by atoms with E-state index in [1.807, 2.05) is 0 Å². The summed E-state index contributed by atoms with van der Waals surface area (Å²) in [4.78, 5) is 2.75. The van der Waals surface area contributed by atoms with Crippen LogP contribution in [0.1, 0.15) is 53.4 Å². The lowest BCUT2D eigenvalue weighted by Crippen LogP contribution is -2.40. The standard InChI is InChI=1S/C14H30N2/c1-5-15-10-6-8-13(4)16-11-7-9-14(16)12(2)3/h12-15H,5-11H2,1-4H3. The van der Waals surface area contributed by atoms with Crippen LogP contribution in [0.3, 0.4) is 0 Å². The molecule has 0 aromatic heterocycles. The van der Waals surface area contributed by atoms with Crippen LogP contribution in [0.15, 0.2) is 0 Å². The van der Waals surface area contributed by atoms with Gasteiger partial charge < -0.3 is 5.32 Å². The minimum Gasteiger partial charge on any atom is -0.317 e. The normalized spacial score (nSPS) is 24.2. The molecule has 16 heavy (non-hydrogen) atoms. The molecular formula is C14H30N2. The van der Waals surface area contributed by atoms with Crippen LogP contribution in [0.2, 0.25) is 0 Å². The van der Waals surface area contributed by atoms with Crippen molar-refractivity contribution in [3.05, 3.63) is 0 Å². The zero-order valence-corrected chi connectivity index (χ0v) is 11.6. The third kappa shape index (κ3) is 4.06. The van der Waals surface area contributed by atoms with Gasteiger partial charge in [-0.15, -0.1) is 0 Å². The van der Waals surface area contributed by atoms with Gasteiger partial charge in [0.2, 0.25) is 0 Å². The molecule has 0 radical (unpaired) electrons. The van der Waals surface area contributed by atoms with Crippen LogP contribution < -0.4 is 5.32 Å². The maximum absolute atomic E-state index is 3.41. The van der Waals surface area contributed by atoms with E-state index in [2.05, 4.69) is 37.9 Å². The van der Waals surface area contributed by atoms with Crippen molar-refractivity contribution in [3.63, 3.8) is 0 Å². The summed E-state index contributed by atoms with van der Waals surface area (Å²) in [7, 11) is 0. The molecule has 1 rings (SSSR count). The summed E-state index contributed by atoms with van der Waals surface area (Å²) < 4.78 is 0. The zero-order valence-electron chi connectivity index (χ0n) is 11.6. The van der Waals surface area contributed by atoms with E-state index in [1.165, 1.54) is 38.8 Å². The molecule has 1 aliphatic rings. The van der Waals surface area contributed by atoms with Crippen LogP contribution in [0.25, 0.3) is 0 Å². The highest BCUT2D eigenvalue weighted by Gasteiger charge is 2.29. The van der Waals surface area contributed by atoms with E-state index in [0.29, 0.717) is 0 Å². The van der Waals surface area contributed by atoms with Gasteiger partial charge in [-0.25, -0.2) is 0 Å². The summed E-state index contributed by atoms with van der Waals surface area (Å²) in [5.74, 6) is 0.818. The van der Waals surface area contributed by atoms with E-state index in [1.54, 1.807) is 0 Å². The number of likely N-dealkylation sites (tertiary alicyclic amines) is 1. The Morgan fingerprint density at radius 3 is 2.69 bits per heavy atom. The van der Waals surface area contributed by atoms with Crippen LogP contribution >= 0.6 is 0 Å². The average molecular weight is 226 g/mol. The summed E-state index contributed by atoms with van der Waals surface area (Å²) in [5, 5.41) is 3.41. The van der Waals surface area contributed by atoms with Crippen LogP contribution in [-0.2, 0) is 0 Å². The highest BCUT2D eigenvalue weighted by Crippen LogP contribution is 2.27. The van der Waals surface area contributed by atoms with Crippen molar-refractivity contribution in [2.75, 3.05) is 19.6 Å². The molecule has 96 valence electrons. The first-order valence-electron chi connectivity index (χ1n) is 7.13. The average Bonchev–Trinajstić information content (AvgIpc) is 2.73. The lowest BCUT2D eigenvalue weighted by molar-refractivity contribution is 0.147. The predicted molar refractivity (Wildman–Crippen MR) is 71.8 cm³/mol. The summed E-state index contributed by atoms with van der Waals surface area (Å²) in [6.07, 6.45) is 5.47. The number of hydrogen-bond acceptors (Lipinski definition) is 2. The first-order chi connectivity index (χ1) is 7.66. The molecule has 1 fully saturated rings. The van der Waals surface area contributed by atoms with Gasteiger partial charge >= 0.3 is 0 Å². The van der Waals surface area contributed by atoms with Crippen molar-refractivity contribution in [2.24, 2.45) is 5.92 Å². The first kappa shape index (κ1) is 14.0. The summed E-state index contributed by atoms with van der Waals surface area (Å²) in [6.45, 7) is 12.9. The van der Waals surface area contributed by atoms with E-state index in [-0.39, 0.29) is 0 Å². The molecule has 1 N–H and O–H groups in total. The lowest BCUT2D eigenvalue weighted by Gasteiger charge is -2.33. The van der Waals surface area contributed by atoms with Crippen LogP contribution in [-0.4, -0.2) is 36.6 Å². The molecule has 0 saturated carbocycles. The fraction of sp³-hybridized carbons (Fsp3) is 1.00. The van der Waals surface area contributed by atoms with E-state index in [4.69, 9.17) is 0 Å². The molecular weight excluding hydrogens is 196 g/mol. The van der Waals surface area contributed by atoms with Gasteiger partial charge in [0.05, 0.1) is 0 Å². The quantitative estimate of drug-likeness (QED) is 0.672. The van der Waals surface area contributed by atoms with Crippen LogP contribution in [0.5, 0.6) is 0 Å². The second-order valence-corrected chi connectivity index (χ2v) is 5.54. The van der Waals surface area contributed by atoms with Crippen LogP contribution in [0, 0.1) is 5.92 Å². The molecule has 1 heterocycles. The van der Waals surface area contributed by atoms with Gasteiger partial charge in [-0.05, 0) is 58.2 Å². The molecule has 0 aromatic carbocycles. The Labute approximate surface area is 102 Å². The van der Waals surface area contributed by atoms with E-state index < -0.39 is 0 Å². The van der Waals surface area contributed by atoms with Gasteiger partial charge in [-0.2, -0.15) is 0 Å². The van der Waals surface area contributed by atoms with Gasteiger partial charge in [0.1, 0.15) is 0 Å². The van der Waals surface area contributed by atoms with Gasteiger partial charge in [0.25, 0.3) is 0 Å². The lowest BCUT2D eigenvalue weighted by atomic mass is 10.00. The summed E-state index contributed by atoms with van der Waals surface area (Å²) in [6, 6.07) is 1.61. The van der Waals surface area contributed by atoms with E-state index in [9.17, 15) is 0 Å². The van der Waals surface area contributed by atoms with Crippen molar-refractivity contribution < 1.29 is 0 Å². The second kappa shape index (κ2) is 7.29. The Morgan fingerprint density at radius 1 is 1.31 bits per heavy atom. The van der Waals surface area contributed by atoms with Crippen molar-refractivity contribution in [3.8, 4) is 0 Å². The largest absolute Gasteiger partial charge is 0.317 e. The molecule has 0 aliphatic carbocycles. The maximum Gasteiger partial charge on any atom is 0.0121 e. The first-order valence-corrected chi connectivity index (χ1v) is 7.13. The predicted octanol–water partition coefficient (Wildman–Crippen LogP) is 2.89. The Hall–Kier alpha value is -0.0800.